The van der Waals surface area contributed by atoms with Gasteiger partial charge in [-0.1, -0.05) is 12.1 Å². The van der Waals surface area contributed by atoms with Crippen LogP contribution in [0.15, 0.2) is 35.7 Å². The highest BCUT2D eigenvalue weighted by atomic mass is 32.1. The minimum absolute atomic E-state index is 0.661. The van der Waals surface area contributed by atoms with Crippen LogP contribution in [0.3, 0.4) is 0 Å². The number of thiophene rings is 1. The molecule has 18 heavy (non-hydrogen) atoms. The summed E-state index contributed by atoms with van der Waals surface area (Å²) in [4.78, 5) is 1.19. The van der Waals surface area contributed by atoms with Crippen molar-refractivity contribution >= 4 is 17.0 Å². The normalized spacial score (nSPS) is 10.5. The summed E-state index contributed by atoms with van der Waals surface area (Å²) in [6.07, 6.45) is 0. The lowest BCUT2D eigenvalue weighted by atomic mass is 10.2. The molecule has 96 valence electrons. The van der Waals surface area contributed by atoms with Crippen LogP contribution < -0.4 is 15.8 Å². The van der Waals surface area contributed by atoms with Crippen LogP contribution in [0, 0.1) is 6.92 Å². The quantitative estimate of drug-likeness (QED) is 0.787. The van der Waals surface area contributed by atoms with Gasteiger partial charge in [-0.05, 0) is 36.1 Å². The van der Waals surface area contributed by atoms with E-state index in [1.807, 2.05) is 29.6 Å². The number of nitrogens with one attached hydrogen (secondary N) is 1. The lowest BCUT2D eigenvalue weighted by Crippen LogP contribution is -2.20. The van der Waals surface area contributed by atoms with Gasteiger partial charge in [-0.3, -0.25) is 0 Å². The van der Waals surface area contributed by atoms with E-state index >= 15 is 0 Å². The molecule has 4 heteroatoms. The number of aryl methyl sites for hydroxylation is 1. The summed E-state index contributed by atoms with van der Waals surface area (Å²) in [6.45, 7) is 4.34. The summed E-state index contributed by atoms with van der Waals surface area (Å²) in [5.41, 5.74) is 7.88. The molecular formula is C14H18N2OS. The van der Waals surface area contributed by atoms with Crippen molar-refractivity contribution < 1.29 is 4.74 Å². The Morgan fingerprint density at radius 1 is 1.33 bits per heavy atom. The van der Waals surface area contributed by atoms with Gasteiger partial charge >= 0.3 is 0 Å². The fraction of sp³-hybridized carbons (Fsp3) is 0.286. The molecule has 0 fully saturated rings. The minimum Gasteiger partial charge on any atom is -0.492 e. The average Bonchev–Trinajstić information content (AvgIpc) is 2.75. The van der Waals surface area contributed by atoms with Crippen molar-refractivity contribution in [1.29, 1.82) is 0 Å². The fourth-order valence-electron chi connectivity index (χ4n) is 1.64. The van der Waals surface area contributed by atoms with E-state index in [9.17, 15) is 0 Å². The number of rotatable bonds is 6. The van der Waals surface area contributed by atoms with Crippen LogP contribution in [0.2, 0.25) is 0 Å². The van der Waals surface area contributed by atoms with Crippen molar-refractivity contribution in [1.82, 2.24) is 5.32 Å². The van der Waals surface area contributed by atoms with E-state index in [-0.39, 0.29) is 0 Å². The lowest BCUT2D eigenvalue weighted by molar-refractivity contribution is 0.313. The summed E-state index contributed by atoms with van der Waals surface area (Å²) >= 11 is 1.68. The third kappa shape index (κ3) is 3.75. The molecule has 0 atom stereocenters. The summed E-state index contributed by atoms with van der Waals surface area (Å²) in [5.74, 6) is 0.924. The summed E-state index contributed by atoms with van der Waals surface area (Å²) in [5, 5.41) is 5.33. The van der Waals surface area contributed by atoms with Crippen molar-refractivity contribution in [2.75, 3.05) is 18.9 Å². The predicted molar refractivity (Wildman–Crippen MR) is 77.1 cm³/mol. The Labute approximate surface area is 112 Å². The van der Waals surface area contributed by atoms with Gasteiger partial charge in [0.15, 0.2) is 0 Å². The molecule has 0 spiro atoms. The van der Waals surface area contributed by atoms with Crippen LogP contribution in [-0.2, 0) is 6.54 Å². The van der Waals surface area contributed by atoms with Crippen molar-refractivity contribution in [3.05, 3.63) is 46.2 Å². The number of hydrogen-bond donors (Lipinski definition) is 2. The Kier molecular flexibility index (Phi) is 4.61. The molecule has 0 radical (unpaired) electrons. The first-order chi connectivity index (χ1) is 8.75. The predicted octanol–water partition coefficient (Wildman–Crippen LogP) is 2.81. The van der Waals surface area contributed by atoms with E-state index in [1.54, 1.807) is 11.3 Å². The van der Waals surface area contributed by atoms with E-state index in [2.05, 4.69) is 18.3 Å². The van der Waals surface area contributed by atoms with Crippen LogP contribution in [0.25, 0.3) is 0 Å². The van der Waals surface area contributed by atoms with Gasteiger partial charge in [-0.15, -0.1) is 11.3 Å². The second kappa shape index (κ2) is 6.42. The van der Waals surface area contributed by atoms with Crippen LogP contribution in [-0.4, -0.2) is 13.2 Å². The molecule has 0 aliphatic heterocycles. The average molecular weight is 262 g/mol. The fourth-order valence-corrected chi connectivity index (χ4v) is 2.41. The largest absolute Gasteiger partial charge is 0.492 e. The van der Waals surface area contributed by atoms with E-state index in [0.717, 1.165) is 24.5 Å². The first-order valence-electron chi connectivity index (χ1n) is 5.98. The highest BCUT2D eigenvalue weighted by molar-refractivity contribution is 7.10. The molecular weight excluding hydrogens is 244 g/mol. The number of anilines is 1. The van der Waals surface area contributed by atoms with E-state index < -0.39 is 0 Å². The number of hydrogen-bond acceptors (Lipinski definition) is 4. The van der Waals surface area contributed by atoms with Crippen molar-refractivity contribution in [3.63, 3.8) is 0 Å². The van der Waals surface area contributed by atoms with Crippen LogP contribution >= 0.6 is 11.3 Å². The maximum atomic E-state index is 5.80. The number of ether oxygens (including phenoxy) is 1. The van der Waals surface area contributed by atoms with Crippen molar-refractivity contribution in [2.24, 2.45) is 0 Å². The zero-order valence-electron chi connectivity index (χ0n) is 10.5. The number of nitrogen functional groups attached to an aromatic ring is 1. The monoisotopic (exact) mass is 262 g/mol. The molecule has 2 aromatic rings. The Bertz CT molecular complexity index is 496. The summed E-state index contributed by atoms with van der Waals surface area (Å²) in [6, 6.07) is 10.0. The number of benzene rings is 1. The first kappa shape index (κ1) is 12.9. The number of nitrogens with two attached hydrogens (primary N) is 1. The highest BCUT2D eigenvalue weighted by Crippen LogP contribution is 2.18. The Balaban J connectivity index is 1.66. The maximum Gasteiger partial charge on any atom is 0.119 e. The molecule has 0 aliphatic carbocycles. The van der Waals surface area contributed by atoms with Gasteiger partial charge < -0.3 is 15.8 Å². The zero-order valence-corrected chi connectivity index (χ0v) is 11.3. The van der Waals surface area contributed by atoms with Gasteiger partial charge in [0.05, 0.1) is 0 Å². The summed E-state index contributed by atoms with van der Waals surface area (Å²) < 4.78 is 5.65. The van der Waals surface area contributed by atoms with E-state index in [1.165, 1.54) is 10.4 Å². The van der Waals surface area contributed by atoms with Crippen LogP contribution in [0.1, 0.15) is 10.4 Å². The molecule has 0 aliphatic rings. The zero-order chi connectivity index (χ0) is 12.8. The Morgan fingerprint density at radius 2 is 2.22 bits per heavy atom. The van der Waals surface area contributed by atoms with Crippen LogP contribution in [0.5, 0.6) is 5.75 Å². The van der Waals surface area contributed by atoms with E-state index in [4.69, 9.17) is 10.5 Å². The third-order valence-corrected chi connectivity index (χ3v) is 3.54. The van der Waals surface area contributed by atoms with Gasteiger partial charge in [0.2, 0.25) is 0 Å². The molecule has 0 unspecified atom stereocenters. The first-order valence-corrected chi connectivity index (χ1v) is 6.85. The smallest absolute Gasteiger partial charge is 0.119 e. The summed E-state index contributed by atoms with van der Waals surface area (Å²) in [7, 11) is 0. The molecule has 0 saturated carbocycles. The highest BCUT2D eigenvalue weighted by Gasteiger charge is 1.99. The van der Waals surface area contributed by atoms with Crippen molar-refractivity contribution in [2.45, 2.75) is 13.5 Å². The minimum atomic E-state index is 0.661. The van der Waals surface area contributed by atoms with Gasteiger partial charge in [0, 0.05) is 23.7 Å². The Hall–Kier alpha value is -1.52. The van der Waals surface area contributed by atoms with E-state index in [0.29, 0.717) is 6.61 Å². The molecule has 2 rings (SSSR count). The van der Waals surface area contributed by atoms with Crippen LogP contribution in [0.4, 0.5) is 5.69 Å². The second-order valence-electron chi connectivity index (χ2n) is 4.14. The molecule has 1 aromatic heterocycles. The lowest BCUT2D eigenvalue weighted by Gasteiger charge is -2.07. The molecule has 3 N–H and O–H groups in total. The van der Waals surface area contributed by atoms with Gasteiger partial charge in [-0.2, -0.15) is 0 Å². The maximum absolute atomic E-state index is 5.80. The molecule has 0 bridgehead atoms. The molecule has 0 saturated heterocycles. The molecule has 0 amide bonds. The Morgan fingerprint density at radius 3 is 2.94 bits per heavy atom. The molecule has 1 heterocycles. The second-order valence-corrected chi connectivity index (χ2v) is 5.14. The van der Waals surface area contributed by atoms with Crippen molar-refractivity contribution in [3.8, 4) is 5.75 Å². The van der Waals surface area contributed by atoms with Gasteiger partial charge in [0.25, 0.3) is 0 Å². The SMILES string of the molecule is Cc1cccc(OCCNCc2sccc2N)c1. The van der Waals surface area contributed by atoms with Gasteiger partial charge in [0.1, 0.15) is 12.4 Å². The van der Waals surface area contributed by atoms with Gasteiger partial charge in [-0.25, -0.2) is 0 Å². The third-order valence-electron chi connectivity index (χ3n) is 2.60. The standard InChI is InChI=1S/C14H18N2OS/c1-11-3-2-4-12(9-11)17-7-6-16-10-14-13(15)5-8-18-14/h2-5,8-9,16H,6-7,10,15H2,1H3. The molecule has 1 aromatic carbocycles. The molecule has 3 nitrogen and oxygen atoms in total. The topological polar surface area (TPSA) is 47.3 Å².